The SMILES string of the molecule is COc1ccc(CO/N=C/CCN)cc1. The quantitative estimate of drug-likeness (QED) is 0.570. The minimum atomic E-state index is 0.463. The Labute approximate surface area is 89.7 Å². The van der Waals surface area contributed by atoms with Crippen LogP contribution in [0.15, 0.2) is 29.4 Å². The monoisotopic (exact) mass is 208 g/mol. The van der Waals surface area contributed by atoms with Crippen LogP contribution in [-0.4, -0.2) is 19.9 Å². The number of rotatable bonds is 6. The van der Waals surface area contributed by atoms with Gasteiger partial charge >= 0.3 is 0 Å². The number of oxime groups is 1. The Kier molecular flexibility index (Phi) is 5.25. The molecule has 0 aliphatic carbocycles. The van der Waals surface area contributed by atoms with E-state index in [1.54, 1.807) is 13.3 Å². The molecule has 0 heterocycles. The summed E-state index contributed by atoms with van der Waals surface area (Å²) in [6.45, 7) is 1.06. The van der Waals surface area contributed by atoms with Crippen molar-refractivity contribution in [2.75, 3.05) is 13.7 Å². The predicted molar refractivity (Wildman–Crippen MR) is 59.9 cm³/mol. The predicted octanol–water partition coefficient (Wildman–Crippen LogP) is 1.55. The van der Waals surface area contributed by atoms with Crippen molar-refractivity contribution in [3.63, 3.8) is 0 Å². The standard InChI is InChI=1S/C11H16N2O2/c1-14-11-5-3-10(4-6-11)9-15-13-8-2-7-12/h3-6,8H,2,7,9,12H2,1H3/b13-8+. The minimum absolute atomic E-state index is 0.463. The highest BCUT2D eigenvalue weighted by Gasteiger charge is 1.93. The average Bonchev–Trinajstić information content (AvgIpc) is 2.30. The van der Waals surface area contributed by atoms with Gasteiger partial charge in [0.05, 0.1) is 7.11 Å². The van der Waals surface area contributed by atoms with E-state index in [1.165, 1.54) is 0 Å². The van der Waals surface area contributed by atoms with Gasteiger partial charge in [-0.1, -0.05) is 17.3 Å². The largest absolute Gasteiger partial charge is 0.497 e. The molecule has 0 unspecified atom stereocenters. The normalized spacial score (nSPS) is 10.5. The molecule has 4 nitrogen and oxygen atoms in total. The highest BCUT2D eigenvalue weighted by Crippen LogP contribution is 2.11. The first-order valence-electron chi connectivity index (χ1n) is 4.83. The van der Waals surface area contributed by atoms with Crippen LogP contribution < -0.4 is 10.5 Å². The van der Waals surface area contributed by atoms with Gasteiger partial charge in [-0.25, -0.2) is 0 Å². The van der Waals surface area contributed by atoms with Crippen molar-refractivity contribution in [2.45, 2.75) is 13.0 Å². The highest BCUT2D eigenvalue weighted by atomic mass is 16.6. The van der Waals surface area contributed by atoms with Crippen molar-refractivity contribution in [1.82, 2.24) is 0 Å². The smallest absolute Gasteiger partial charge is 0.142 e. The molecular formula is C11H16N2O2. The van der Waals surface area contributed by atoms with Crippen LogP contribution in [-0.2, 0) is 11.4 Å². The van der Waals surface area contributed by atoms with Gasteiger partial charge in [-0.3, -0.25) is 0 Å². The van der Waals surface area contributed by atoms with Crippen LogP contribution in [0.1, 0.15) is 12.0 Å². The van der Waals surface area contributed by atoms with E-state index in [9.17, 15) is 0 Å². The van der Waals surface area contributed by atoms with Crippen LogP contribution in [0.25, 0.3) is 0 Å². The zero-order valence-electron chi connectivity index (χ0n) is 8.85. The van der Waals surface area contributed by atoms with Crippen LogP contribution in [0.2, 0.25) is 0 Å². The van der Waals surface area contributed by atoms with Crippen molar-refractivity contribution in [2.24, 2.45) is 10.9 Å². The molecule has 1 aromatic rings. The number of nitrogens with zero attached hydrogens (tertiary/aromatic N) is 1. The molecule has 0 saturated carbocycles. The number of hydrogen-bond donors (Lipinski definition) is 1. The van der Waals surface area contributed by atoms with Gasteiger partial charge in [-0.15, -0.1) is 0 Å². The minimum Gasteiger partial charge on any atom is -0.497 e. The molecule has 15 heavy (non-hydrogen) atoms. The second-order valence-electron chi connectivity index (χ2n) is 2.99. The van der Waals surface area contributed by atoms with Crippen LogP contribution in [0, 0.1) is 0 Å². The number of nitrogens with two attached hydrogens (primary N) is 1. The summed E-state index contributed by atoms with van der Waals surface area (Å²) in [5, 5.41) is 3.76. The zero-order chi connectivity index (χ0) is 10.9. The molecule has 4 heteroatoms. The summed E-state index contributed by atoms with van der Waals surface area (Å²) in [5.41, 5.74) is 6.35. The lowest BCUT2D eigenvalue weighted by molar-refractivity contribution is 0.131. The fourth-order valence-corrected chi connectivity index (χ4v) is 1.01. The van der Waals surface area contributed by atoms with Gasteiger partial charge in [-0.2, -0.15) is 0 Å². The third kappa shape index (κ3) is 4.46. The molecule has 0 fully saturated rings. The molecule has 0 spiro atoms. The fourth-order valence-electron chi connectivity index (χ4n) is 1.01. The van der Waals surface area contributed by atoms with Crippen molar-refractivity contribution in [1.29, 1.82) is 0 Å². The van der Waals surface area contributed by atoms with E-state index in [1.807, 2.05) is 24.3 Å². The molecule has 1 aromatic carbocycles. The molecule has 0 aliphatic heterocycles. The van der Waals surface area contributed by atoms with Crippen LogP contribution in [0.4, 0.5) is 0 Å². The van der Waals surface area contributed by atoms with E-state index < -0.39 is 0 Å². The molecule has 0 saturated heterocycles. The third-order valence-electron chi connectivity index (χ3n) is 1.84. The van der Waals surface area contributed by atoms with Gasteiger partial charge in [0.1, 0.15) is 12.4 Å². The Morgan fingerprint density at radius 1 is 1.33 bits per heavy atom. The highest BCUT2D eigenvalue weighted by molar-refractivity contribution is 5.56. The van der Waals surface area contributed by atoms with Gasteiger partial charge in [-0.05, 0) is 30.7 Å². The van der Waals surface area contributed by atoms with Gasteiger partial charge < -0.3 is 15.3 Å². The molecule has 0 aliphatic rings. The van der Waals surface area contributed by atoms with E-state index in [2.05, 4.69) is 5.16 Å². The Hall–Kier alpha value is -1.55. The van der Waals surface area contributed by atoms with Gasteiger partial charge in [0.2, 0.25) is 0 Å². The van der Waals surface area contributed by atoms with Crippen LogP contribution >= 0.6 is 0 Å². The average molecular weight is 208 g/mol. The molecule has 2 N–H and O–H groups in total. The topological polar surface area (TPSA) is 56.8 Å². The van der Waals surface area contributed by atoms with Crippen molar-refractivity contribution in [3.05, 3.63) is 29.8 Å². The van der Waals surface area contributed by atoms with Gasteiger partial charge in [0, 0.05) is 6.21 Å². The molecule has 0 bridgehead atoms. The molecule has 0 amide bonds. The summed E-state index contributed by atoms with van der Waals surface area (Å²) in [7, 11) is 1.64. The first-order chi connectivity index (χ1) is 7.36. The fraction of sp³-hybridized carbons (Fsp3) is 0.364. The first-order valence-corrected chi connectivity index (χ1v) is 4.83. The second-order valence-corrected chi connectivity index (χ2v) is 2.99. The van der Waals surface area contributed by atoms with Gasteiger partial charge in [0.15, 0.2) is 0 Å². The summed E-state index contributed by atoms with van der Waals surface area (Å²) < 4.78 is 5.04. The Morgan fingerprint density at radius 3 is 2.67 bits per heavy atom. The molecule has 1 rings (SSSR count). The molecule has 0 aromatic heterocycles. The maximum absolute atomic E-state index is 5.29. The second kappa shape index (κ2) is 6.84. The van der Waals surface area contributed by atoms with Crippen molar-refractivity contribution in [3.8, 4) is 5.75 Å². The molecule has 0 radical (unpaired) electrons. The van der Waals surface area contributed by atoms with Crippen LogP contribution in [0.5, 0.6) is 5.75 Å². The Balaban J connectivity index is 2.31. The maximum atomic E-state index is 5.29. The summed E-state index contributed by atoms with van der Waals surface area (Å²) in [6, 6.07) is 7.67. The number of methoxy groups -OCH3 is 1. The lowest BCUT2D eigenvalue weighted by atomic mass is 10.2. The van der Waals surface area contributed by atoms with E-state index in [0.717, 1.165) is 17.7 Å². The Bertz CT molecular complexity index is 296. The van der Waals surface area contributed by atoms with E-state index >= 15 is 0 Å². The summed E-state index contributed by atoms with van der Waals surface area (Å²) in [5.74, 6) is 0.838. The molecule has 0 atom stereocenters. The molecule has 82 valence electrons. The number of ether oxygens (including phenoxy) is 1. The maximum Gasteiger partial charge on any atom is 0.142 e. The van der Waals surface area contributed by atoms with E-state index in [0.29, 0.717) is 13.2 Å². The third-order valence-corrected chi connectivity index (χ3v) is 1.84. The number of hydrogen-bond acceptors (Lipinski definition) is 4. The lowest BCUT2D eigenvalue weighted by Gasteiger charge is -2.01. The van der Waals surface area contributed by atoms with E-state index in [4.69, 9.17) is 15.3 Å². The Morgan fingerprint density at radius 2 is 2.07 bits per heavy atom. The summed E-state index contributed by atoms with van der Waals surface area (Å²) in [6.07, 6.45) is 2.41. The number of benzene rings is 1. The first kappa shape index (κ1) is 11.5. The van der Waals surface area contributed by atoms with Crippen molar-refractivity contribution < 1.29 is 9.57 Å². The van der Waals surface area contributed by atoms with Gasteiger partial charge in [0.25, 0.3) is 0 Å². The van der Waals surface area contributed by atoms with E-state index in [-0.39, 0.29) is 0 Å². The summed E-state index contributed by atoms with van der Waals surface area (Å²) in [4.78, 5) is 5.07. The lowest BCUT2D eigenvalue weighted by Crippen LogP contribution is -1.98. The van der Waals surface area contributed by atoms with Crippen LogP contribution in [0.3, 0.4) is 0 Å². The summed E-state index contributed by atoms with van der Waals surface area (Å²) >= 11 is 0. The van der Waals surface area contributed by atoms with Crippen molar-refractivity contribution >= 4 is 6.21 Å². The molecular weight excluding hydrogens is 192 g/mol. The zero-order valence-corrected chi connectivity index (χ0v) is 8.85.